The minimum Gasteiger partial charge on any atom is -0.292 e. The molecule has 8 heteroatoms. The Hall–Kier alpha value is -1.39. The first-order valence-electron chi connectivity index (χ1n) is 7.17. The number of benzene rings is 1. The van der Waals surface area contributed by atoms with E-state index in [4.69, 9.17) is 0 Å². The molecule has 1 aliphatic heterocycles. The Morgan fingerprint density at radius 1 is 0.833 bits per heavy atom. The van der Waals surface area contributed by atoms with Gasteiger partial charge in [0.25, 0.3) is 0 Å². The first kappa shape index (κ1) is 20.7. The third-order valence-electron chi connectivity index (χ3n) is 3.57. The van der Waals surface area contributed by atoms with Gasteiger partial charge in [0.1, 0.15) is 0 Å². The SMILES string of the molecule is Cl.FC(F)(F)c1cc(C#CCN2CCCCC2)cc(C(F)(F)F)c1. The average Bonchev–Trinajstić information content (AvgIpc) is 2.46. The molecule has 0 spiro atoms. The van der Waals surface area contributed by atoms with Crippen molar-refractivity contribution in [2.24, 2.45) is 0 Å². The highest BCUT2D eigenvalue weighted by Crippen LogP contribution is 2.36. The van der Waals surface area contributed by atoms with Gasteiger partial charge in [-0.1, -0.05) is 18.3 Å². The molecule has 0 amide bonds. The quantitative estimate of drug-likeness (QED) is 0.497. The van der Waals surface area contributed by atoms with E-state index >= 15 is 0 Å². The number of rotatable bonds is 1. The van der Waals surface area contributed by atoms with Crippen molar-refractivity contribution in [3.8, 4) is 11.8 Å². The maximum atomic E-state index is 12.7. The Morgan fingerprint density at radius 3 is 1.79 bits per heavy atom. The molecule has 0 saturated carbocycles. The lowest BCUT2D eigenvalue weighted by atomic mass is 10.0. The molecule has 1 nitrogen and oxygen atoms in total. The Kier molecular flexibility index (Phi) is 6.99. The summed E-state index contributed by atoms with van der Waals surface area (Å²) in [5, 5.41) is 0. The van der Waals surface area contributed by atoms with Gasteiger partial charge in [0, 0.05) is 5.56 Å². The summed E-state index contributed by atoms with van der Waals surface area (Å²) in [4.78, 5) is 2.04. The van der Waals surface area contributed by atoms with Crippen molar-refractivity contribution in [1.29, 1.82) is 0 Å². The smallest absolute Gasteiger partial charge is 0.292 e. The first-order valence-corrected chi connectivity index (χ1v) is 7.17. The number of halogens is 7. The Labute approximate surface area is 142 Å². The standard InChI is InChI=1S/C16H15F6N.ClH/c17-15(18,19)13-9-12(10-14(11-13)16(20,21)22)5-4-8-23-6-2-1-3-7-23;/h9-11H,1-3,6-8H2;1H. The van der Waals surface area contributed by atoms with Crippen LogP contribution in [-0.4, -0.2) is 24.5 Å². The fraction of sp³-hybridized carbons (Fsp3) is 0.500. The van der Waals surface area contributed by atoms with Crippen LogP contribution in [0.4, 0.5) is 26.3 Å². The molecule has 134 valence electrons. The van der Waals surface area contributed by atoms with Gasteiger partial charge in [-0.05, 0) is 44.1 Å². The van der Waals surface area contributed by atoms with E-state index in [1.54, 1.807) is 0 Å². The van der Waals surface area contributed by atoms with E-state index in [9.17, 15) is 26.3 Å². The lowest BCUT2D eigenvalue weighted by Gasteiger charge is -2.23. The highest BCUT2D eigenvalue weighted by atomic mass is 35.5. The van der Waals surface area contributed by atoms with Crippen molar-refractivity contribution in [2.45, 2.75) is 31.6 Å². The summed E-state index contributed by atoms with van der Waals surface area (Å²) in [6.45, 7) is 2.05. The van der Waals surface area contributed by atoms with Crippen molar-refractivity contribution in [3.05, 3.63) is 34.9 Å². The van der Waals surface area contributed by atoms with E-state index in [1.165, 1.54) is 0 Å². The highest BCUT2D eigenvalue weighted by molar-refractivity contribution is 5.85. The number of alkyl halides is 6. The molecule has 1 heterocycles. The second-order valence-corrected chi connectivity index (χ2v) is 5.43. The summed E-state index contributed by atoms with van der Waals surface area (Å²) in [6.07, 6.45) is -6.49. The van der Waals surface area contributed by atoms with E-state index < -0.39 is 23.5 Å². The predicted octanol–water partition coefficient (Wildman–Crippen LogP) is 4.98. The molecule has 0 radical (unpaired) electrons. The van der Waals surface area contributed by atoms with Crippen molar-refractivity contribution >= 4 is 12.4 Å². The molecule has 1 aliphatic rings. The zero-order chi connectivity index (χ0) is 17.1. The molecule has 1 fully saturated rings. The van der Waals surface area contributed by atoms with Crippen LogP contribution in [0.25, 0.3) is 0 Å². The fourth-order valence-electron chi connectivity index (χ4n) is 2.40. The van der Waals surface area contributed by atoms with Gasteiger partial charge < -0.3 is 0 Å². The first-order chi connectivity index (χ1) is 10.7. The van der Waals surface area contributed by atoms with Crippen LogP contribution < -0.4 is 0 Å². The molecule has 0 unspecified atom stereocenters. The van der Waals surface area contributed by atoms with Gasteiger partial charge in [0.2, 0.25) is 0 Å². The van der Waals surface area contributed by atoms with Gasteiger partial charge in [-0.2, -0.15) is 26.3 Å². The van der Waals surface area contributed by atoms with Gasteiger partial charge in [0.05, 0.1) is 17.7 Å². The normalized spacial score (nSPS) is 16.1. The molecular weight excluding hydrogens is 356 g/mol. The summed E-state index contributed by atoms with van der Waals surface area (Å²) in [6, 6.07) is 1.41. The minimum absolute atomic E-state index is 0. The monoisotopic (exact) mass is 371 g/mol. The number of likely N-dealkylation sites (tertiary alicyclic amines) is 1. The van der Waals surface area contributed by atoms with Crippen LogP contribution >= 0.6 is 12.4 Å². The van der Waals surface area contributed by atoms with Crippen molar-refractivity contribution in [2.75, 3.05) is 19.6 Å². The maximum absolute atomic E-state index is 12.7. The van der Waals surface area contributed by atoms with Crippen LogP contribution in [0.1, 0.15) is 36.0 Å². The second-order valence-electron chi connectivity index (χ2n) is 5.43. The molecule has 0 aliphatic carbocycles. The van der Waals surface area contributed by atoms with Crippen LogP contribution in [0.2, 0.25) is 0 Å². The molecule has 0 N–H and O–H groups in total. The molecule has 0 aromatic heterocycles. The van der Waals surface area contributed by atoms with Crippen molar-refractivity contribution < 1.29 is 26.3 Å². The van der Waals surface area contributed by atoms with Gasteiger partial charge in [-0.25, -0.2) is 0 Å². The largest absolute Gasteiger partial charge is 0.416 e. The molecular formula is C16H16ClF6N. The molecule has 24 heavy (non-hydrogen) atoms. The molecule has 0 bridgehead atoms. The topological polar surface area (TPSA) is 3.24 Å². The lowest BCUT2D eigenvalue weighted by molar-refractivity contribution is -0.143. The Morgan fingerprint density at radius 2 is 1.33 bits per heavy atom. The van der Waals surface area contributed by atoms with E-state index in [0.29, 0.717) is 18.7 Å². The van der Waals surface area contributed by atoms with Gasteiger partial charge in [0.15, 0.2) is 0 Å². The summed E-state index contributed by atoms with van der Waals surface area (Å²) >= 11 is 0. The molecule has 1 aromatic rings. The number of hydrogen-bond donors (Lipinski definition) is 0. The Balaban J connectivity index is 0.00000288. The van der Waals surface area contributed by atoms with Crippen LogP contribution in [0.15, 0.2) is 18.2 Å². The number of nitrogens with zero attached hydrogens (tertiary/aromatic N) is 1. The average molecular weight is 372 g/mol. The van der Waals surface area contributed by atoms with Crippen molar-refractivity contribution in [1.82, 2.24) is 4.90 Å². The van der Waals surface area contributed by atoms with Crippen LogP contribution in [0.5, 0.6) is 0 Å². The summed E-state index contributed by atoms with van der Waals surface area (Å²) in [7, 11) is 0. The maximum Gasteiger partial charge on any atom is 0.416 e. The van der Waals surface area contributed by atoms with E-state index in [1.807, 2.05) is 4.90 Å². The number of piperidine rings is 1. The third-order valence-corrected chi connectivity index (χ3v) is 3.57. The summed E-state index contributed by atoms with van der Waals surface area (Å²) in [5.74, 6) is 5.10. The highest BCUT2D eigenvalue weighted by Gasteiger charge is 2.36. The van der Waals surface area contributed by atoms with Gasteiger partial charge in [-0.15, -0.1) is 12.4 Å². The van der Waals surface area contributed by atoms with Crippen LogP contribution in [0.3, 0.4) is 0 Å². The fourth-order valence-corrected chi connectivity index (χ4v) is 2.40. The third kappa shape index (κ3) is 5.91. The molecule has 0 atom stereocenters. The van der Waals surface area contributed by atoms with E-state index in [0.717, 1.165) is 32.4 Å². The lowest BCUT2D eigenvalue weighted by Crippen LogP contribution is -2.29. The van der Waals surface area contributed by atoms with Crippen molar-refractivity contribution in [3.63, 3.8) is 0 Å². The second kappa shape index (κ2) is 8.13. The van der Waals surface area contributed by atoms with Gasteiger partial charge >= 0.3 is 12.4 Å². The zero-order valence-electron chi connectivity index (χ0n) is 12.6. The number of hydrogen-bond acceptors (Lipinski definition) is 1. The van der Waals surface area contributed by atoms with Gasteiger partial charge in [-0.3, -0.25) is 4.90 Å². The molecule has 2 rings (SSSR count). The van der Waals surface area contributed by atoms with E-state index in [2.05, 4.69) is 11.8 Å². The molecule has 1 aromatic carbocycles. The predicted molar refractivity (Wildman–Crippen MR) is 80.9 cm³/mol. The summed E-state index contributed by atoms with van der Waals surface area (Å²) < 4.78 is 76.4. The molecule has 1 saturated heterocycles. The van der Waals surface area contributed by atoms with Crippen LogP contribution in [0, 0.1) is 11.8 Å². The van der Waals surface area contributed by atoms with Crippen LogP contribution in [-0.2, 0) is 12.4 Å². The zero-order valence-corrected chi connectivity index (χ0v) is 13.4. The minimum atomic E-state index is -4.84. The van der Waals surface area contributed by atoms with E-state index in [-0.39, 0.29) is 24.0 Å². The summed E-state index contributed by atoms with van der Waals surface area (Å²) in [5.41, 5.74) is -2.95. The Bertz CT molecular complexity index is 573.